The summed E-state index contributed by atoms with van der Waals surface area (Å²) in [6, 6.07) is 5.85. The van der Waals surface area contributed by atoms with Crippen LogP contribution in [0.15, 0.2) is 18.2 Å². The van der Waals surface area contributed by atoms with Crippen LogP contribution in [0.2, 0.25) is 0 Å². The molecule has 1 amide bonds. The van der Waals surface area contributed by atoms with Crippen molar-refractivity contribution < 1.29 is 14.3 Å². The number of likely N-dealkylation sites (tertiary alicyclic amines) is 1. The molecule has 1 saturated heterocycles. The van der Waals surface area contributed by atoms with E-state index in [4.69, 9.17) is 9.47 Å². The molecule has 0 aromatic heterocycles. The molecule has 1 aromatic carbocycles. The van der Waals surface area contributed by atoms with Crippen LogP contribution in [-0.2, 0) is 0 Å². The van der Waals surface area contributed by atoms with Gasteiger partial charge < -0.3 is 19.7 Å². The molecular formula is C24H36N2O3. The highest BCUT2D eigenvalue weighted by molar-refractivity contribution is 5.95. The van der Waals surface area contributed by atoms with Gasteiger partial charge in [-0.05, 0) is 69.2 Å². The maximum absolute atomic E-state index is 12.4. The summed E-state index contributed by atoms with van der Waals surface area (Å²) in [7, 11) is 1.65. The fraction of sp³-hybridized carbons (Fsp3) is 0.708. The highest BCUT2D eigenvalue weighted by Gasteiger charge is 2.25. The molecule has 3 fully saturated rings. The van der Waals surface area contributed by atoms with Crippen LogP contribution in [0.25, 0.3) is 0 Å². The minimum absolute atomic E-state index is 0.0166. The van der Waals surface area contributed by atoms with Gasteiger partial charge in [0.2, 0.25) is 0 Å². The van der Waals surface area contributed by atoms with Gasteiger partial charge in [0, 0.05) is 24.7 Å². The van der Waals surface area contributed by atoms with Gasteiger partial charge in [0.05, 0.1) is 7.11 Å². The summed E-state index contributed by atoms with van der Waals surface area (Å²) in [5.74, 6) is 2.37. The topological polar surface area (TPSA) is 50.8 Å². The van der Waals surface area contributed by atoms with E-state index in [0.29, 0.717) is 23.1 Å². The number of ether oxygens (including phenoxy) is 2. The van der Waals surface area contributed by atoms with Gasteiger partial charge in [-0.15, -0.1) is 0 Å². The second-order valence-corrected chi connectivity index (χ2v) is 9.06. The predicted octanol–water partition coefficient (Wildman–Crippen LogP) is 4.40. The van der Waals surface area contributed by atoms with Gasteiger partial charge in [-0.1, -0.05) is 25.7 Å². The van der Waals surface area contributed by atoms with Crippen molar-refractivity contribution in [3.63, 3.8) is 0 Å². The summed E-state index contributed by atoms with van der Waals surface area (Å²) in [6.45, 7) is 3.42. The molecule has 4 rings (SSSR count). The third kappa shape index (κ3) is 5.88. The van der Waals surface area contributed by atoms with E-state index in [0.717, 1.165) is 44.7 Å². The number of methoxy groups -OCH3 is 1. The van der Waals surface area contributed by atoms with Crippen molar-refractivity contribution >= 4 is 5.91 Å². The van der Waals surface area contributed by atoms with Crippen LogP contribution in [0.3, 0.4) is 0 Å². The van der Waals surface area contributed by atoms with E-state index < -0.39 is 0 Å². The first-order chi connectivity index (χ1) is 14.2. The molecule has 0 radical (unpaired) electrons. The molecule has 2 aliphatic carbocycles. The molecule has 1 aromatic rings. The minimum Gasteiger partial charge on any atom is -0.493 e. The number of benzene rings is 1. The average molecular weight is 401 g/mol. The molecule has 1 N–H and O–H groups in total. The molecule has 1 aliphatic heterocycles. The van der Waals surface area contributed by atoms with Gasteiger partial charge in [0.1, 0.15) is 6.10 Å². The first kappa shape index (κ1) is 20.5. The molecule has 3 aliphatic rings. The van der Waals surface area contributed by atoms with Crippen LogP contribution >= 0.6 is 0 Å². The molecule has 160 valence electrons. The van der Waals surface area contributed by atoms with Gasteiger partial charge >= 0.3 is 0 Å². The number of rotatable bonds is 9. The third-order valence-electron chi connectivity index (χ3n) is 6.73. The van der Waals surface area contributed by atoms with Crippen LogP contribution in [0, 0.1) is 5.92 Å². The Morgan fingerprint density at radius 2 is 1.83 bits per heavy atom. The molecular weight excluding hydrogens is 364 g/mol. The Labute approximate surface area is 175 Å². The lowest BCUT2D eigenvalue weighted by atomic mass is 10.0. The van der Waals surface area contributed by atoms with Crippen molar-refractivity contribution in [1.29, 1.82) is 0 Å². The van der Waals surface area contributed by atoms with Crippen LogP contribution in [-0.4, -0.2) is 49.7 Å². The van der Waals surface area contributed by atoms with Crippen molar-refractivity contribution in [2.24, 2.45) is 5.92 Å². The molecule has 0 spiro atoms. The van der Waals surface area contributed by atoms with Gasteiger partial charge in [-0.3, -0.25) is 4.79 Å². The average Bonchev–Trinajstić information content (AvgIpc) is 3.40. The van der Waals surface area contributed by atoms with Crippen molar-refractivity contribution in [1.82, 2.24) is 10.2 Å². The summed E-state index contributed by atoms with van der Waals surface area (Å²) in [4.78, 5) is 15.0. The highest BCUT2D eigenvalue weighted by atomic mass is 16.5. The third-order valence-corrected chi connectivity index (χ3v) is 6.73. The first-order valence-corrected chi connectivity index (χ1v) is 11.6. The van der Waals surface area contributed by atoms with E-state index in [2.05, 4.69) is 10.2 Å². The number of piperidine rings is 1. The number of carbonyl (C=O) groups is 1. The lowest BCUT2D eigenvalue weighted by molar-refractivity contribution is 0.0932. The Kier molecular flexibility index (Phi) is 6.96. The highest BCUT2D eigenvalue weighted by Crippen LogP contribution is 2.32. The Bertz CT molecular complexity index is 675. The fourth-order valence-electron chi connectivity index (χ4n) is 4.74. The zero-order chi connectivity index (χ0) is 20.1. The smallest absolute Gasteiger partial charge is 0.251 e. The number of nitrogens with zero attached hydrogens (tertiary/aromatic N) is 1. The summed E-state index contributed by atoms with van der Waals surface area (Å²) in [6.07, 6.45) is 13.0. The SMILES string of the molecule is COc1ccc(C(=O)NC2CC2)cc1OC1CCN(CCCC2CCCC2)CC1. The lowest BCUT2D eigenvalue weighted by Gasteiger charge is -2.32. The molecule has 29 heavy (non-hydrogen) atoms. The minimum atomic E-state index is -0.0166. The molecule has 0 bridgehead atoms. The van der Waals surface area contributed by atoms with Gasteiger partial charge in [0.25, 0.3) is 5.91 Å². The van der Waals surface area contributed by atoms with E-state index in [1.165, 1.54) is 45.1 Å². The first-order valence-electron chi connectivity index (χ1n) is 11.6. The number of nitrogens with one attached hydrogen (secondary N) is 1. The quantitative estimate of drug-likeness (QED) is 0.667. The van der Waals surface area contributed by atoms with Gasteiger partial charge in [-0.25, -0.2) is 0 Å². The maximum Gasteiger partial charge on any atom is 0.251 e. The summed E-state index contributed by atoms with van der Waals surface area (Å²) in [5, 5.41) is 3.04. The van der Waals surface area contributed by atoms with Crippen molar-refractivity contribution in [2.75, 3.05) is 26.7 Å². The number of hydrogen-bond acceptors (Lipinski definition) is 4. The summed E-state index contributed by atoms with van der Waals surface area (Å²) < 4.78 is 11.8. The molecule has 0 unspecified atom stereocenters. The monoisotopic (exact) mass is 400 g/mol. The maximum atomic E-state index is 12.4. The van der Waals surface area contributed by atoms with E-state index in [1.54, 1.807) is 7.11 Å². The molecule has 2 saturated carbocycles. The standard InChI is InChI=1S/C24H36N2O3/c1-28-22-11-8-19(24(27)25-20-9-10-20)17-23(22)29-21-12-15-26(16-13-21)14-4-7-18-5-2-3-6-18/h8,11,17-18,20-21H,2-7,9-10,12-16H2,1H3,(H,25,27). The Hall–Kier alpha value is -1.75. The second-order valence-electron chi connectivity index (χ2n) is 9.06. The fourth-order valence-corrected chi connectivity index (χ4v) is 4.74. The Balaban J connectivity index is 1.25. The van der Waals surface area contributed by atoms with Crippen LogP contribution in [0.5, 0.6) is 11.5 Å². The van der Waals surface area contributed by atoms with Crippen LogP contribution in [0.1, 0.15) is 74.6 Å². The van der Waals surface area contributed by atoms with Crippen molar-refractivity contribution in [2.45, 2.75) is 76.4 Å². The second kappa shape index (κ2) is 9.84. The number of amides is 1. The Morgan fingerprint density at radius 1 is 1.07 bits per heavy atom. The summed E-state index contributed by atoms with van der Waals surface area (Å²) in [5.41, 5.74) is 0.650. The van der Waals surface area contributed by atoms with E-state index in [-0.39, 0.29) is 12.0 Å². The Morgan fingerprint density at radius 3 is 2.52 bits per heavy atom. The van der Waals surface area contributed by atoms with E-state index in [9.17, 15) is 4.79 Å². The van der Waals surface area contributed by atoms with Crippen molar-refractivity contribution in [3.05, 3.63) is 23.8 Å². The number of hydrogen-bond donors (Lipinski definition) is 1. The molecule has 0 atom stereocenters. The van der Waals surface area contributed by atoms with Crippen LogP contribution in [0.4, 0.5) is 0 Å². The summed E-state index contributed by atoms with van der Waals surface area (Å²) >= 11 is 0. The van der Waals surface area contributed by atoms with Crippen LogP contribution < -0.4 is 14.8 Å². The largest absolute Gasteiger partial charge is 0.493 e. The molecule has 1 heterocycles. The molecule has 5 nitrogen and oxygen atoms in total. The van der Waals surface area contributed by atoms with E-state index >= 15 is 0 Å². The zero-order valence-corrected chi connectivity index (χ0v) is 17.8. The zero-order valence-electron chi connectivity index (χ0n) is 17.8. The predicted molar refractivity (Wildman–Crippen MR) is 115 cm³/mol. The van der Waals surface area contributed by atoms with Gasteiger partial charge in [0.15, 0.2) is 11.5 Å². The number of carbonyl (C=O) groups excluding carboxylic acids is 1. The van der Waals surface area contributed by atoms with Gasteiger partial charge in [-0.2, -0.15) is 0 Å². The molecule has 5 heteroatoms. The van der Waals surface area contributed by atoms with Crippen molar-refractivity contribution in [3.8, 4) is 11.5 Å². The normalized spacial score (nSPS) is 21.3. The lowest BCUT2D eigenvalue weighted by Crippen LogP contribution is -2.38. The van der Waals surface area contributed by atoms with E-state index in [1.807, 2.05) is 18.2 Å².